The topological polar surface area (TPSA) is 72.3 Å². The second-order valence-electron chi connectivity index (χ2n) is 1.65. The Bertz CT molecular complexity index is 54.2. The summed E-state index contributed by atoms with van der Waals surface area (Å²) in [6.45, 7) is 1.19. The van der Waals surface area contributed by atoms with Crippen molar-refractivity contribution in [2.45, 2.75) is 0 Å². The molecule has 0 spiro atoms. The molecule has 0 heterocycles. The molecule has 4 heteroatoms. The highest BCUT2D eigenvalue weighted by molar-refractivity contribution is 5.45. The second-order valence-corrected chi connectivity index (χ2v) is 1.65. The Morgan fingerprint density at radius 3 is 1.56 bits per heavy atom. The smallest absolute Gasteiger partial charge is 0.209 e. The monoisotopic (exact) mass is 133 g/mol. The molecule has 0 unspecified atom stereocenters. The van der Waals surface area contributed by atoms with Gasteiger partial charge in [0.2, 0.25) is 6.41 Å². The standard InChI is InChI=1S/C3H7NO.C2H8N2/c1-4(2)3-5;3-1-2-4/h3H,1-2H3;1-4H2. The lowest BCUT2D eigenvalue weighted by molar-refractivity contribution is -0.115. The first-order valence-electron chi connectivity index (χ1n) is 2.70. The lowest BCUT2D eigenvalue weighted by Gasteiger charge is -1.93. The van der Waals surface area contributed by atoms with Crippen LogP contribution < -0.4 is 11.5 Å². The Balaban J connectivity index is 0. The van der Waals surface area contributed by atoms with Crippen LogP contribution in [-0.4, -0.2) is 38.5 Å². The number of hydrogen-bond donors (Lipinski definition) is 2. The van der Waals surface area contributed by atoms with Crippen molar-refractivity contribution in [1.29, 1.82) is 0 Å². The zero-order chi connectivity index (χ0) is 7.70. The Labute approximate surface area is 55.8 Å². The van der Waals surface area contributed by atoms with Crippen molar-refractivity contribution in [3.63, 3.8) is 0 Å². The molecule has 0 rings (SSSR count). The van der Waals surface area contributed by atoms with Crippen molar-refractivity contribution < 1.29 is 4.79 Å². The van der Waals surface area contributed by atoms with Gasteiger partial charge in [-0.3, -0.25) is 4.79 Å². The summed E-state index contributed by atoms with van der Waals surface area (Å²) >= 11 is 0. The van der Waals surface area contributed by atoms with Crippen LogP contribution in [0.4, 0.5) is 0 Å². The van der Waals surface area contributed by atoms with Crippen LogP contribution in [0.25, 0.3) is 0 Å². The minimum atomic E-state index is 0.597. The predicted molar refractivity (Wildman–Crippen MR) is 37.9 cm³/mol. The van der Waals surface area contributed by atoms with Crippen LogP contribution in [0.2, 0.25) is 0 Å². The first-order chi connectivity index (χ1) is 4.18. The maximum atomic E-state index is 9.43. The molecule has 0 saturated carbocycles. The zero-order valence-corrected chi connectivity index (χ0v) is 6.00. The van der Waals surface area contributed by atoms with E-state index >= 15 is 0 Å². The fraction of sp³-hybridized carbons (Fsp3) is 0.800. The van der Waals surface area contributed by atoms with Crippen LogP contribution in [0.1, 0.15) is 0 Å². The molecule has 0 aliphatic rings. The van der Waals surface area contributed by atoms with Gasteiger partial charge in [-0.15, -0.1) is 0 Å². The molecule has 0 aliphatic carbocycles. The molecule has 1 amide bonds. The quantitative estimate of drug-likeness (QED) is 0.455. The molecule has 9 heavy (non-hydrogen) atoms. The number of carbonyl (C=O) groups excluding carboxylic acids is 1. The van der Waals surface area contributed by atoms with E-state index < -0.39 is 0 Å². The molecule has 0 fully saturated rings. The molecule has 0 aliphatic heterocycles. The summed E-state index contributed by atoms with van der Waals surface area (Å²) < 4.78 is 0. The average Bonchev–Trinajstić information content (AvgIpc) is 1.89. The normalized spacial score (nSPS) is 7.11. The van der Waals surface area contributed by atoms with Gasteiger partial charge < -0.3 is 16.4 Å². The summed E-state index contributed by atoms with van der Waals surface area (Å²) in [4.78, 5) is 10.9. The molecule has 0 aromatic heterocycles. The van der Waals surface area contributed by atoms with Crippen LogP contribution in [0.5, 0.6) is 0 Å². The van der Waals surface area contributed by atoms with Crippen molar-refractivity contribution in [3.8, 4) is 0 Å². The van der Waals surface area contributed by atoms with Gasteiger partial charge in [-0.05, 0) is 0 Å². The van der Waals surface area contributed by atoms with Gasteiger partial charge in [-0.1, -0.05) is 0 Å². The van der Waals surface area contributed by atoms with Crippen LogP contribution >= 0.6 is 0 Å². The van der Waals surface area contributed by atoms with E-state index in [1.807, 2.05) is 0 Å². The lowest BCUT2D eigenvalue weighted by atomic mass is 10.7. The number of amides is 1. The van der Waals surface area contributed by atoms with Crippen molar-refractivity contribution in [2.24, 2.45) is 11.5 Å². The molecular weight excluding hydrogens is 118 g/mol. The summed E-state index contributed by atoms with van der Waals surface area (Å²) in [5, 5.41) is 0. The Morgan fingerprint density at radius 2 is 1.56 bits per heavy atom. The molecule has 4 nitrogen and oxygen atoms in total. The summed E-state index contributed by atoms with van der Waals surface area (Å²) in [5.74, 6) is 0. The van der Waals surface area contributed by atoms with E-state index in [2.05, 4.69) is 0 Å². The van der Waals surface area contributed by atoms with E-state index in [4.69, 9.17) is 11.5 Å². The molecular formula is C5H15N3O. The molecule has 0 aromatic carbocycles. The van der Waals surface area contributed by atoms with Gasteiger partial charge in [0, 0.05) is 27.2 Å². The lowest BCUT2D eigenvalue weighted by Crippen LogP contribution is -2.11. The van der Waals surface area contributed by atoms with Crippen LogP contribution in [-0.2, 0) is 4.79 Å². The first kappa shape index (κ1) is 11.2. The molecule has 0 saturated heterocycles. The summed E-state index contributed by atoms with van der Waals surface area (Å²) in [5.41, 5.74) is 9.81. The zero-order valence-electron chi connectivity index (χ0n) is 6.00. The van der Waals surface area contributed by atoms with Crippen molar-refractivity contribution in [2.75, 3.05) is 27.2 Å². The van der Waals surface area contributed by atoms with Crippen molar-refractivity contribution in [1.82, 2.24) is 4.90 Å². The first-order valence-corrected chi connectivity index (χ1v) is 2.70. The largest absolute Gasteiger partial charge is 0.351 e. The molecule has 56 valence electrons. The molecule has 4 N–H and O–H groups in total. The van der Waals surface area contributed by atoms with Gasteiger partial charge in [0.15, 0.2) is 0 Å². The summed E-state index contributed by atoms with van der Waals surface area (Å²) in [6, 6.07) is 0. The van der Waals surface area contributed by atoms with Crippen LogP contribution in [0.3, 0.4) is 0 Å². The van der Waals surface area contributed by atoms with E-state index in [0.717, 1.165) is 6.41 Å². The highest BCUT2D eigenvalue weighted by atomic mass is 16.1. The van der Waals surface area contributed by atoms with E-state index in [-0.39, 0.29) is 0 Å². The Kier molecular flexibility index (Phi) is 13.0. The number of rotatable bonds is 2. The number of nitrogens with zero attached hydrogens (tertiary/aromatic N) is 1. The molecule has 0 radical (unpaired) electrons. The van der Waals surface area contributed by atoms with Gasteiger partial charge in [-0.25, -0.2) is 0 Å². The minimum Gasteiger partial charge on any atom is -0.351 e. The van der Waals surface area contributed by atoms with Crippen LogP contribution in [0.15, 0.2) is 0 Å². The third-order valence-corrected chi connectivity index (χ3v) is 0.377. The van der Waals surface area contributed by atoms with E-state index in [0.29, 0.717) is 13.1 Å². The summed E-state index contributed by atoms with van der Waals surface area (Å²) in [7, 11) is 3.38. The maximum absolute atomic E-state index is 9.43. The fourth-order valence-corrected chi connectivity index (χ4v) is 0. The summed E-state index contributed by atoms with van der Waals surface area (Å²) in [6.07, 6.45) is 0.750. The number of nitrogens with two attached hydrogens (primary N) is 2. The van der Waals surface area contributed by atoms with E-state index in [9.17, 15) is 4.79 Å². The van der Waals surface area contributed by atoms with Gasteiger partial charge in [0.1, 0.15) is 0 Å². The second kappa shape index (κ2) is 10.4. The Hall–Kier alpha value is -0.610. The van der Waals surface area contributed by atoms with E-state index in [1.165, 1.54) is 4.90 Å². The SMILES string of the molecule is CN(C)C=O.NCCN. The number of carbonyl (C=O) groups is 1. The molecule has 0 atom stereocenters. The maximum Gasteiger partial charge on any atom is 0.209 e. The van der Waals surface area contributed by atoms with Crippen molar-refractivity contribution in [3.05, 3.63) is 0 Å². The van der Waals surface area contributed by atoms with Gasteiger partial charge in [0.25, 0.3) is 0 Å². The fourth-order valence-electron chi connectivity index (χ4n) is 0. The Morgan fingerprint density at radius 1 is 1.33 bits per heavy atom. The average molecular weight is 133 g/mol. The van der Waals surface area contributed by atoms with Crippen LogP contribution in [0, 0.1) is 0 Å². The minimum absolute atomic E-state index is 0.597. The van der Waals surface area contributed by atoms with Gasteiger partial charge in [-0.2, -0.15) is 0 Å². The predicted octanol–water partition coefficient (Wildman–Crippen LogP) is -1.39. The third-order valence-electron chi connectivity index (χ3n) is 0.377. The molecule has 0 aromatic rings. The molecule has 0 bridgehead atoms. The highest BCUT2D eigenvalue weighted by Crippen LogP contribution is 1.52. The van der Waals surface area contributed by atoms with Crippen molar-refractivity contribution >= 4 is 6.41 Å². The van der Waals surface area contributed by atoms with Gasteiger partial charge >= 0.3 is 0 Å². The third kappa shape index (κ3) is 37.6. The number of hydrogen-bond acceptors (Lipinski definition) is 3. The highest BCUT2D eigenvalue weighted by Gasteiger charge is 1.68. The van der Waals surface area contributed by atoms with Gasteiger partial charge in [0.05, 0.1) is 0 Å². The van der Waals surface area contributed by atoms with E-state index in [1.54, 1.807) is 14.1 Å².